The molecule has 0 bridgehead atoms. The van der Waals surface area contributed by atoms with E-state index in [-0.39, 0.29) is 11.7 Å². The van der Waals surface area contributed by atoms with E-state index < -0.39 is 0 Å². The summed E-state index contributed by atoms with van der Waals surface area (Å²) < 4.78 is 11.3. The van der Waals surface area contributed by atoms with Crippen LogP contribution >= 0.6 is 0 Å². The normalized spacial score (nSPS) is 46.0. The number of carbonyl (C=O) groups is 1. The van der Waals surface area contributed by atoms with Crippen molar-refractivity contribution in [2.24, 2.45) is 17.8 Å². The maximum Gasteiger partial charge on any atom is 0.171 e. The molecule has 2 aliphatic carbocycles. The Morgan fingerprint density at radius 2 is 2.00 bits per heavy atom. The molecule has 0 aromatic heterocycles. The summed E-state index contributed by atoms with van der Waals surface area (Å²) in [5, 5.41) is 0. The van der Waals surface area contributed by atoms with Crippen molar-refractivity contribution < 1.29 is 14.3 Å². The Morgan fingerprint density at radius 3 is 2.69 bits per heavy atom. The lowest BCUT2D eigenvalue weighted by atomic mass is 9.70. The average molecular weight is 182 g/mol. The highest BCUT2D eigenvalue weighted by molar-refractivity contribution is 5.54. The van der Waals surface area contributed by atoms with Crippen LogP contribution in [0.4, 0.5) is 0 Å². The van der Waals surface area contributed by atoms with Gasteiger partial charge in [0, 0.05) is 18.3 Å². The molecule has 3 aliphatic rings. The molecule has 3 rings (SSSR count). The third-order valence-electron chi connectivity index (χ3n) is 3.81. The second-order valence-electron chi connectivity index (χ2n) is 4.45. The van der Waals surface area contributed by atoms with Gasteiger partial charge in [-0.05, 0) is 18.8 Å². The van der Waals surface area contributed by atoms with Gasteiger partial charge in [-0.1, -0.05) is 0 Å². The third kappa shape index (κ3) is 0.945. The van der Waals surface area contributed by atoms with Crippen molar-refractivity contribution in [3.63, 3.8) is 0 Å². The summed E-state index contributed by atoms with van der Waals surface area (Å²) in [5.41, 5.74) is 0. The van der Waals surface area contributed by atoms with E-state index >= 15 is 0 Å². The van der Waals surface area contributed by atoms with Crippen molar-refractivity contribution in [1.82, 2.24) is 0 Å². The van der Waals surface area contributed by atoms with Crippen molar-refractivity contribution in [3.8, 4) is 0 Å². The SMILES string of the molecule is O=C[C@@H]1C[C@@H]2CC3(OCCO3)[C@@H]2C1. The Labute approximate surface area is 77.4 Å². The van der Waals surface area contributed by atoms with E-state index in [0.29, 0.717) is 11.8 Å². The fourth-order valence-corrected chi connectivity index (χ4v) is 3.20. The van der Waals surface area contributed by atoms with Gasteiger partial charge in [0.25, 0.3) is 0 Å². The van der Waals surface area contributed by atoms with Crippen molar-refractivity contribution >= 4 is 6.29 Å². The van der Waals surface area contributed by atoms with E-state index in [1.807, 2.05) is 0 Å². The first-order valence-corrected chi connectivity index (χ1v) is 5.07. The summed E-state index contributed by atoms with van der Waals surface area (Å²) in [7, 11) is 0. The van der Waals surface area contributed by atoms with Gasteiger partial charge in [-0.2, -0.15) is 0 Å². The third-order valence-corrected chi connectivity index (χ3v) is 3.81. The molecule has 3 atom stereocenters. The lowest BCUT2D eigenvalue weighted by molar-refractivity contribution is -0.267. The molecule has 1 saturated heterocycles. The molecule has 0 radical (unpaired) electrons. The van der Waals surface area contributed by atoms with Crippen LogP contribution in [-0.2, 0) is 14.3 Å². The maximum absolute atomic E-state index is 10.6. The lowest BCUT2D eigenvalue weighted by Gasteiger charge is -2.47. The highest BCUT2D eigenvalue weighted by Crippen LogP contribution is 2.58. The number of carbonyl (C=O) groups excluding carboxylic acids is 1. The number of hydrogen-bond donors (Lipinski definition) is 0. The molecule has 13 heavy (non-hydrogen) atoms. The first-order valence-electron chi connectivity index (χ1n) is 5.07. The van der Waals surface area contributed by atoms with Crippen LogP contribution in [0.1, 0.15) is 19.3 Å². The number of fused-ring (bicyclic) bond motifs is 2. The van der Waals surface area contributed by atoms with Crippen LogP contribution in [-0.4, -0.2) is 25.3 Å². The molecule has 3 heteroatoms. The average Bonchev–Trinajstić information content (AvgIpc) is 2.69. The van der Waals surface area contributed by atoms with Crippen molar-refractivity contribution in [2.45, 2.75) is 25.0 Å². The van der Waals surface area contributed by atoms with Gasteiger partial charge in [-0.3, -0.25) is 0 Å². The Balaban J connectivity index is 1.75. The summed E-state index contributed by atoms with van der Waals surface area (Å²) >= 11 is 0. The first kappa shape index (κ1) is 7.94. The smallest absolute Gasteiger partial charge is 0.171 e. The molecule has 3 nitrogen and oxygen atoms in total. The first-order chi connectivity index (χ1) is 6.34. The zero-order chi connectivity index (χ0) is 8.89. The van der Waals surface area contributed by atoms with E-state index in [4.69, 9.17) is 9.47 Å². The van der Waals surface area contributed by atoms with E-state index in [1.54, 1.807) is 0 Å². The largest absolute Gasteiger partial charge is 0.347 e. The van der Waals surface area contributed by atoms with Crippen LogP contribution in [0.25, 0.3) is 0 Å². The molecule has 3 fully saturated rings. The van der Waals surface area contributed by atoms with Crippen molar-refractivity contribution in [1.29, 1.82) is 0 Å². The molecule has 2 saturated carbocycles. The zero-order valence-corrected chi connectivity index (χ0v) is 7.57. The Hall–Kier alpha value is -0.410. The van der Waals surface area contributed by atoms with Crippen LogP contribution < -0.4 is 0 Å². The van der Waals surface area contributed by atoms with Crippen molar-refractivity contribution in [3.05, 3.63) is 0 Å². The molecule has 1 heterocycles. The summed E-state index contributed by atoms with van der Waals surface area (Å²) in [5.74, 6) is 1.20. The minimum absolute atomic E-state index is 0.261. The number of hydrogen-bond acceptors (Lipinski definition) is 3. The fraction of sp³-hybridized carbons (Fsp3) is 0.900. The van der Waals surface area contributed by atoms with Crippen LogP contribution in [0.15, 0.2) is 0 Å². The molecule has 0 aromatic rings. The Kier molecular flexibility index (Phi) is 1.56. The van der Waals surface area contributed by atoms with Gasteiger partial charge in [-0.15, -0.1) is 0 Å². The molecule has 72 valence electrons. The zero-order valence-electron chi connectivity index (χ0n) is 7.57. The standard InChI is InChI=1S/C10H14O3/c11-6-7-3-8-5-10(9(8)4-7)12-1-2-13-10/h6-9H,1-5H2/t7-,8-,9-/m1/s1. The summed E-state index contributed by atoms with van der Waals surface area (Å²) in [6.07, 6.45) is 4.15. The van der Waals surface area contributed by atoms with Gasteiger partial charge in [0.2, 0.25) is 0 Å². The predicted octanol–water partition coefficient (Wildman–Crippen LogP) is 0.974. The molecular weight excluding hydrogens is 168 g/mol. The predicted molar refractivity (Wildman–Crippen MR) is 45.0 cm³/mol. The molecule has 0 N–H and O–H groups in total. The molecule has 0 unspecified atom stereocenters. The summed E-state index contributed by atoms with van der Waals surface area (Å²) in [6.45, 7) is 1.46. The van der Waals surface area contributed by atoms with Crippen LogP contribution in [0.2, 0.25) is 0 Å². The van der Waals surface area contributed by atoms with Gasteiger partial charge in [0.05, 0.1) is 13.2 Å². The van der Waals surface area contributed by atoms with Gasteiger partial charge >= 0.3 is 0 Å². The summed E-state index contributed by atoms with van der Waals surface area (Å²) in [4.78, 5) is 10.6. The van der Waals surface area contributed by atoms with Gasteiger partial charge in [0.1, 0.15) is 6.29 Å². The van der Waals surface area contributed by atoms with Gasteiger partial charge < -0.3 is 14.3 Å². The maximum atomic E-state index is 10.6. The van der Waals surface area contributed by atoms with E-state index in [0.717, 1.165) is 38.8 Å². The van der Waals surface area contributed by atoms with E-state index in [2.05, 4.69) is 0 Å². The number of aldehydes is 1. The monoisotopic (exact) mass is 182 g/mol. The minimum Gasteiger partial charge on any atom is -0.347 e. The highest BCUT2D eigenvalue weighted by atomic mass is 16.7. The Morgan fingerprint density at radius 1 is 1.23 bits per heavy atom. The Bertz CT molecular complexity index is 232. The molecule has 1 spiro atoms. The molecular formula is C10H14O3. The topological polar surface area (TPSA) is 35.5 Å². The van der Waals surface area contributed by atoms with Gasteiger partial charge in [-0.25, -0.2) is 0 Å². The van der Waals surface area contributed by atoms with E-state index in [9.17, 15) is 4.79 Å². The van der Waals surface area contributed by atoms with Crippen LogP contribution in [0.5, 0.6) is 0 Å². The van der Waals surface area contributed by atoms with Crippen LogP contribution in [0.3, 0.4) is 0 Å². The second-order valence-corrected chi connectivity index (χ2v) is 4.45. The molecule has 0 aromatic carbocycles. The fourth-order valence-electron chi connectivity index (χ4n) is 3.20. The quantitative estimate of drug-likeness (QED) is 0.567. The van der Waals surface area contributed by atoms with Gasteiger partial charge in [0.15, 0.2) is 5.79 Å². The second kappa shape index (κ2) is 2.55. The molecule has 0 amide bonds. The number of rotatable bonds is 1. The minimum atomic E-state index is -0.261. The van der Waals surface area contributed by atoms with Crippen molar-refractivity contribution in [2.75, 3.05) is 13.2 Å². The highest BCUT2D eigenvalue weighted by Gasteiger charge is 2.61. The summed E-state index contributed by atoms with van der Waals surface area (Å²) in [6, 6.07) is 0. The molecule has 1 aliphatic heterocycles. The van der Waals surface area contributed by atoms with Crippen LogP contribution in [0, 0.1) is 17.8 Å². The number of ether oxygens (including phenoxy) is 2. The van der Waals surface area contributed by atoms with E-state index in [1.165, 1.54) is 0 Å². The lowest BCUT2D eigenvalue weighted by Crippen LogP contribution is -2.52.